The normalized spacial score (nSPS) is 18.3. The van der Waals surface area contributed by atoms with Gasteiger partial charge in [0.05, 0.1) is 17.7 Å². The number of aliphatic imine (C=N–C) groups is 1. The van der Waals surface area contributed by atoms with Gasteiger partial charge in [0, 0.05) is 50.8 Å². The molecular weight excluding hydrogens is 312 g/mol. The van der Waals surface area contributed by atoms with Crippen molar-refractivity contribution in [3.8, 4) is 0 Å². The van der Waals surface area contributed by atoms with Gasteiger partial charge in [0.2, 0.25) is 0 Å². The standard InChI is InChI=1S/C16H28N4O2S/c1-13-12-23-15(20-13)5-3-7-18-16(17-2)19-8-4-9-22-14-6-10-21-11-14/h12,14H,3-11H2,1-2H3,(H2,17,18,19). The number of hydrogen-bond acceptors (Lipinski definition) is 5. The fourth-order valence-electron chi connectivity index (χ4n) is 2.36. The topological polar surface area (TPSA) is 67.8 Å². The van der Waals surface area contributed by atoms with E-state index in [0.29, 0.717) is 6.10 Å². The highest BCUT2D eigenvalue weighted by molar-refractivity contribution is 7.09. The van der Waals surface area contributed by atoms with Crippen LogP contribution >= 0.6 is 11.3 Å². The van der Waals surface area contributed by atoms with Crippen LogP contribution < -0.4 is 10.6 Å². The van der Waals surface area contributed by atoms with Crippen LogP contribution in [0, 0.1) is 6.92 Å². The van der Waals surface area contributed by atoms with Crippen LogP contribution in [0.1, 0.15) is 30.0 Å². The predicted octanol–water partition coefficient (Wildman–Crippen LogP) is 1.74. The zero-order chi connectivity index (χ0) is 16.3. The molecule has 0 bridgehead atoms. The third-order valence-corrected chi connectivity index (χ3v) is 4.63. The fourth-order valence-corrected chi connectivity index (χ4v) is 3.18. The molecule has 2 N–H and O–H groups in total. The third-order valence-electron chi connectivity index (χ3n) is 3.61. The van der Waals surface area contributed by atoms with Gasteiger partial charge < -0.3 is 20.1 Å². The Hall–Kier alpha value is -1.18. The molecular formula is C16H28N4O2S. The summed E-state index contributed by atoms with van der Waals surface area (Å²) in [7, 11) is 1.80. The maximum absolute atomic E-state index is 5.74. The van der Waals surface area contributed by atoms with Gasteiger partial charge in [-0.1, -0.05) is 0 Å². The summed E-state index contributed by atoms with van der Waals surface area (Å²) >= 11 is 1.74. The zero-order valence-electron chi connectivity index (χ0n) is 14.1. The summed E-state index contributed by atoms with van der Waals surface area (Å²) in [5.74, 6) is 0.851. The van der Waals surface area contributed by atoms with Gasteiger partial charge in [-0.15, -0.1) is 11.3 Å². The molecule has 1 aromatic rings. The summed E-state index contributed by atoms with van der Waals surface area (Å²) in [5, 5.41) is 9.95. The molecule has 1 saturated heterocycles. The van der Waals surface area contributed by atoms with Crippen molar-refractivity contribution in [2.24, 2.45) is 4.99 Å². The molecule has 0 spiro atoms. The van der Waals surface area contributed by atoms with E-state index in [0.717, 1.165) is 70.2 Å². The molecule has 7 heteroatoms. The highest BCUT2D eigenvalue weighted by Gasteiger charge is 2.15. The molecule has 1 aromatic heterocycles. The molecule has 1 unspecified atom stereocenters. The molecule has 1 atom stereocenters. The van der Waals surface area contributed by atoms with Crippen LogP contribution in [-0.4, -0.2) is 57.0 Å². The van der Waals surface area contributed by atoms with Crippen molar-refractivity contribution >= 4 is 17.3 Å². The van der Waals surface area contributed by atoms with Crippen LogP contribution in [0.2, 0.25) is 0 Å². The first kappa shape index (κ1) is 18.2. The molecule has 1 aliphatic rings. The minimum absolute atomic E-state index is 0.293. The van der Waals surface area contributed by atoms with E-state index < -0.39 is 0 Å². The SMILES string of the molecule is CN=C(NCCCOC1CCOC1)NCCCc1nc(C)cs1. The van der Waals surface area contributed by atoms with Crippen molar-refractivity contribution in [3.63, 3.8) is 0 Å². The van der Waals surface area contributed by atoms with Gasteiger partial charge in [-0.2, -0.15) is 0 Å². The quantitative estimate of drug-likeness (QED) is 0.407. The second-order valence-corrected chi connectivity index (χ2v) is 6.56. The van der Waals surface area contributed by atoms with E-state index in [-0.39, 0.29) is 0 Å². The second kappa shape index (κ2) is 10.6. The van der Waals surface area contributed by atoms with E-state index in [1.807, 2.05) is 6.92 Å². The molecule has 0 amide bonds. The summed E-state index contributed by atoms with van der Waals surface area (Å²) in [6, 6.07) is 0. The van der Waals surface area contributed by atoms with Crippen LogP contribution in [0.4, 0.5) is 0 Å². The third kappa shape index (κ3) is 7.28. The molecule has 0 saturated carbocycles. The molecule has 130 valence electrons. The summed E-state index contributed by atoms with van der Waals surface area (Å²) in [5.41, 5.74) is 1.11. The Bertz CT molecular complexity index is 472. The van der Waals surface area contributed by atoms with Gasteiger partial charge >= 0.3 is 0 Å². The number of nitrogens with zero attached hydrogens (tertiary/aromatic N) is 2. The van der Waals surface area contributed by atoms with Crippen molar-refractivity contribution in [2.75, 3.05) is 40.0 Å². The van der Waals surface area contributed by atoms with Gasteiger partial charge in [0.1, 0.15) is 0 Å². The first-order valence-electron chi connectivity index (χ1n) is 8.33. The smallest absolute Gasteiger partial charge is 0.190 e. The van der Waals surface area contributed by atoms with Gasteiger partial charge in [-0.25, -0.2) is 4.98 Å². The van der Waals surface area contributed by atoms with E-state index in [9.17, 15) is 0 Å². The lowest BCUT2D eigenvalue weighted by Crippen LogP contribution is -2.38. The Labute approximate surface area is 142 Å². The van der Waals surface area contributed by atoms with Gasteiger partial charge in [0.15, 0.2) is 5.96 Å². The van der Waals surface area contributed by atoms with Crippen LogP contribution in [0.3, 0.4) is 0 Å². The van der Waals surface area contributed by atoms with Crippen LogP contribution in [0.15, 0.2) is 10.4 Å². The number of guanidine groups is 1. The minimum atomic E-state index is 0.293. The van der Waals surface area contributed by atoms with E-state index in [4.69, 9.17) is 9.47 Å². The Morgan fingerprint density at radius 3 is 2.91 bits per heavy atom. The fraction of sp³-hybridized carbons (Fsp3) is 0.750. The maximum atomic E-state index is 5.74. The number of thiazole rings is 1. The summed E-state index contributed by atoms with van der Waals surface area (Å²) in [4.78, 5) is 8.70. The molecule has 0 radical (unpaired) electrons. The maximum Gasteiger partial charge on any atom is 0.190 e. The Morgan fingerprint density at radius 1 is 1.43 bits per heavy atom. The highest BCUT2D eigenvalue weighted by atomic mass is 32.1. The average Bonchev–Trinajstić information content (AvgIpc) is 3.20. The number of aromatic nitrogens is 1. The molecule has 2 heterocycles. The van der Waals surface area contributed by atoms with Crippen molar-refractivity contribution < 1.29 is 9.47 Å². The Morgan fingerprint density at radius 2 is 2.26 bits per heavy atom. The number of nitrogens with one attached hydrogen (secondary N) is 2. The predicted molar refractivity (Wildman–Crippen MR) is 94.3 cm³/mol. The van der Waals surface area contributed by atoms with E-state index >= 15 is 0 Å². The summed E-state index contributed by atoms with van der Waals surface area (Å²) in [6.07, 6.45) is 4.35. The van der Waals surface area contributed by atoms with Crippen LogP contribution in [-0.2, 0) is 15.9 Å². The van der Waals surface area contributed by atoms with Gasteiger partial charge in [0.25, 0.3) is 0 Å². The molecule has 2 rings (SSSR count). The molecule has 1 aliphatic heterocycles. The van der Waals surface area contributed by atoms with Crippen molar-refractivity contribution in [1.29, 1.82) is 0 Å². The van der Waals surface area contributed by atoms with Gasteiger partial charge in [-0.3, -0.25) is 4.99 Å². The molecule has 0 aromatic carbocycles. The second-order valence-electron chi connectivity index (χ2n) is 5.62. The van der Waals surface area contributed by atoms with Crippen molar-refractivity contribution in [1.82, 2.24) is 15.6 Å². The molecule has 23 heavy (non-hydrogen) atoms. The number of hydrogen-bond donors (Lipinski definition) is 2. The van der Waals surface area contributed by atoms with Crippen LogP contribution in [0.25, 0.3) is 0 Å². The van der Waals surface area contributed by atoms with E-state index in [2.05, 4.69) is 26.0 Å². The lowest BCUT2D eigenvalue weighted by molar-refractivity contribution is 0.0420. The van der Waals surface area contributed by atoms with Gasteiger partial charge in [-0.05, 0) is 26.2 Å². The average molecular weight is 340 g/mol. The van der Waals surface area contributed by atoms with Crippen molar-refractivity contribution in [3.05, 3.63) is 16.1 Å². The Balaban J connectivity index is 1.47. The van der Waals surface area contributed by atoms with E-state index in [1.165, 1.54) is 5.01 Å². The molecule has 0 aliphatic carbocycles. The zero-order valence-corrected chi connectivity index (χ0v) is 15.0. The lowest BCUT2D eigenvalue weighted by Gasteiger charge is -2.13. The largest absolute Gasteiger partial charge is 0.379 e. The first-order chi connectivity index (χ1) is 11.3. The molecule has 1 fully saturated rings. The number of aryl methyl sites for hydroxylation is 2. The highest BCUT2D eigenvalue weighted by Crippen LogP contribution is 2.10. The monoisotopic (exact) mass is 340 g/mol. The first-order valence-corrected chi connectivity index (χ1v) is 9.21. The van der Waals surface area contributed by atoms with E-state index in [1.54, 1.807) is 18.4 Å². The van der Waals surface area contributed by atoms with Crippen LogP contribution in [0.5, 0.6) is 0 Å². The lowest BCUT2D eigenvalue weighted by atomic mass is 10.3. The Kier molecular flexibility index (Phi) is 8.35. The summed E-state index contributed by atoms with van der Waals surface area (Å²) in [6.45, 7) is 6.14. The number of ether oxygens (including phenoxy) is 2. The number of rotatable bonds is 9. The minimum Gasteiger partial charge on any atom is -0.379 e. The van der Waals surface area contributed by atoms with Crippen molar-refractivity contribution in [2.45, 2.75) is 38.7 Å². The summed E-state index contributed by atoms with van der Waals surface area (Å²) < 4.78 is 11.0. The molecule has 6 nitrogen and oxygen atoms in total.